The van der Waals surface area contributed by atoms with E-state index in [1.165, 1.54) is 12.4 Å². The Morgan fingerprint density at radius 2 is 1.95 bits per heavy atom. The molecule has 1 aromatic heterocycles. The van der Waals surface area contributed by atoms with E-state index in [0.717, 1.165) is 6.42 Å². The third kappa shape index (κ3) is 3.11. The van der Waals surface area contributed by atoms with Gasteiger partial charge >= 0.3 is 0 Å². The van der Waals surface area contributed by atoms with Crippen molar-refractivity contribution in [1.29, 1.82) is 0 Å². The maximum Gasteiger partial charge on any atom is 0.138 e. The number of benzene rings is 1. The molecule has 0 atom stereocenters. The first-order valence-corrected chi connectivity index (χ1v) is 7.00. The molecule has 2 aromatic rings. The number of hydrogen-bond donors (Lipinski definition) is 2. The average molecular weight is 293 g/mol. The zero-order valence-electron chi connectivity index (χ0n) is 12.0. The zero-order chi connectivity index (χ0) is 15.3. The number of aryl methyl sites for hydroxylation is 1. The summed E-state index contributed by atoms with van der Waals surface area (Å²) in [5, 5.41) is 23.7. The average Bonchev–Trinajstić information content (AvgIpc) is 2.93. The van der Waals surface area contributed by atoms with Gasteiger partial charge in [0.25, 0.3) is 0 Å². The predicted molar refractivity (Wildman–Crippen MR) is 76.3 cm³/mol. The van der Waals surface area contributed by atoms with Crippen LogP contribution in [0.2, 0.25) is 0 Å². The highest BCUT2D eigenvalue weighted by molar-refractivity contribution is 5.29. The summed E-state index contributed by atoms with van der Waals surface area (Å²) >= 11 is 0. The number of aromatic nitrogens is 3. The van der Waals surface area contributed by atoms with Gasteiger partial charge in [-0.3, -0.25) is 4.68 Å². The predicted octanol–water partition coefficient (Wildman–Crippen LogP) is 1.29. The number of rotatable bonds is 7. The summed E-state index contributed by atoms with van der Waals surface area (Å²) in [7, 11) is 0. The summed E-state index contributed by atoms with van der Waals surface area (Å²) in [4.78, 5) is 4.18. The van der Waals surface area contributed by atoms with Crippen LogP contribution in [-0.2, 0) is 18.4 Å². The van der Waals surface area contributed by atoms with Crippen molar-refractivity contribution < 1.29 is 14.6 Å². The fourth-order valence-corrected chi connectivity index (χ4v) is 2.44. The molecule has 0 saturated carbocycles. The molecule has 0 aliphatic carbocycles. The highest BCUT2D eigenvalue weighted by atomic mass is 19.1. The molecule has 0 aliphatic rings. The fourth-order valence-electron chi connectivity index (χ4n) is 2.44. The fraction of sp³-hybridized carbons (Fsp3) is 0.467. The second-order valence-corrected chi connectivity index (χ2v) is 5.15. The lowest BCUT2D eigenvalue weighted by atomic mass is 9.78. The van der Waals surface area contributed by atoms with Gasteiger partial charge in [-0.2, -0.15) is 5.10 Å². The SMILES string of the molecule is CCCn1ncnc1CC(CO)(CO)c1ccccc1F. The van der Waals surface area contributed by atoms with Crippen LogP contribution >= 0.6 is 0 Å². The van der Waals surface area contributed by atoms with Crippen molar-refractivity contribution in [1.82, 2.24) is 14.8 Å². The minimum absolute atomic E-state index is 0.223. The van der Waals surface area contributed by atoms with E-state index in [2.05, 4.69) is 10.1 Å². The van der Waals surface area contributed by atoms with Crippen molar-refractivity contribution in [2.75, 3.05) is 13.2 Å². The smallest absolute Gasteiger partial charge is 0.138 e. The molecule has 0 spiro atoms. The number of nitrogens with zero attached hydrogens (tertiary/aromatic N) is 3. The van der Waals surface area contributed by atoms with E-state index in [1.807, 2.05) is 6.92 Å². The quantitative estimate of drug-likeness (QED) is 0.807. The molecular formula is C15H20FN3O2. The van der Waals surface area contributed by atoms with Crippen LogP contribution in [0.3, 0.4) is 0 Å². The van der Waals surface area contributed by atoms with Crippen molar-refractivity contribution >= 4 is 0 Å². The summed E-state index contributed by atoms with van der Waals surface area (Å²) in [6.45, 7) is 1.97. The number of hydrogen-bond acceptors (Lipinski definition) is 4. The van der Waals surface area contributed by atoms with Crippen LogP contribution in [0.1, 0.15) is 24.7 Å². The summed E-state index contributed by atoms with van der Waals surface area (Å²) < 4.78 is 15.8. The van der Waals surface area contributed by atoms with Gasteiger partial charge in [-0.1, -0.05) is 25.1 Å². The van der Waals surface area contributed by atoms with Crippen molar-refractivity contribution in [3.05, 3.63) is 47.8 Å². The number of aliphatic hydroxyl groups excluding tert-OH is 2. The molecule has 0 bridgehead atoms. The Morgan fingerprint density at radius 1 is 1.24 bits per heavy atom. The van der Waals surface area contributed by atoms with Gasteiger partial charge in [0.05, 0.1) is 18.6 Å². The van der Waals surface area contributed by atoms with Gasteiger partial charge in [0, 0.05) is 13.0 Å². The standard InChI is InChI=1S/C15H20FN3O2/c1-2-7-19-14(17-11-18-19)8-15(9-20,10-21)12-5-3-4-6-13(12)16/h3-6,11,20-21H,2,7-10H2,1H3. The van der Waals surface area contributed by atoms with E-state index in [1.54, 1.807) is 22.9 Å². The zero-order valence-corrected chi connectivity index (χ0v) is 12.0. The van der Waals surface area contributed by atoms with Gasteiger partial charge in [-0.25, -0.2) is 9.37 Å². The van der Waals surface area contributed by atoms with E-state index in [9.17, 15) is 14.6 Å². The summed E-state index contributed by atoms with van der Waals surface area (Å²) in [5.74, 6) is 0.186. The minimum atomic E-state index is -1.11. The van der Waals surface area contributed by atoms with Crippen molar-refractivity contribution in [3.63, 3.8) is 0 Å². The van der Waals surface area contributed by atoms with Crippen LogP contribution < -0.4 is 0 Å². The Balaban J connectivity index is 2.39. The Kier molecular flexibility index (Phi) is 5.03. The molecule has 0 aliphatic heterocycles. The Hall–Kier alpha value is -1.79. The molecule has 21 heavy (non-hydrogen) atoms. The molecule has 0 unspecified atom stereocenters. The van der Waals surface area contributed by atoms with Crippen LogP contribution in [0.4, 0.5) is 4.39 Å². The van der Waals surface area contributed by atoms with Gasteiger partial charge < -0.3 is 10.2 Å². The maximum atomic E-state index is 14.1. The molecule has 0 radical (unpaired) electrons. The first-order valence-electron chi connectivity index (χ1n) is 7.00. The largest absolute Gasteiger partial charge is 0.395 e. The van der Waals surface area contributed by atoms with E-state index < -0.39 is 11.2 Å². The molecule has 2 N–H and O–H groups in total. The lowest BCUT2D eigenvalue weighted by molar-refractivity contribution is 0.111. The Bertz CT molecular complexity index is 582. The Labute approximate surface area is 123 Å². The topological polar surface area (TPSA) is 71.2 Å². The normalized spacial score (nSPS) is 11.8. The van der Waals surface area contributed by atoms with Crippen molar-refractivity contribution in [2.24, 2.45) is 0 Å². The van der Waals surface area contributed by atoms with Gasteiger partial charge in [-0.15, -0.1) is 0 Å². The molecule has 1 aromatic carbocycles. The van der Waals surface area contributed by atoms with Crippen LogP contribution in [0.5, 0.6) is 0 Å². The molecule has 114 valence electrons. The lowest BCUT2D eigenvalue weighted by Crippen LogP contribution is -2.39. The number of aliphatic hydroxyl groups is 2. The third-order valence-corrected chi connectivity index (χ3v) is 3.68. The van der Waals surface area contributed by atoms with Gasteiger partial charge in [0.1, 0.15) is 18.0 Å². The third-order valence-electron chi connectivity index (χ3n) is 3.68. The lowest BCUT2D eigenvalue weighted by Gasteiger charge is -2.30. The van der Waals surface area contributed by atoms with Crippen LogP contribution in [0.25, 0.3) is 0 Å². The molecular weight excluding hydrogens is 273 g/mol. The summed E-state index contributed by atoms with van der Waals surface area (Å²) in [5.41, 5.74) is -0.815. The molecule has 6 heteroatoms. The van der Waals surface area contributed by atoms with E-state index in [4.69, 9.17) is 0 Å². The van der Waals surface area contributed by atoms with E-state index in [-0.39, 0.29) is 19.6 Å². The van der Waals surface area contributed by atoms with Crippen LogP contribution in [0.15, 0.2) is 30.6 Å². The van der Waals surface area contributed by atoms with E-state index in [0.29, 0.717) is 17.9 Å². The van der Waals surface area contributed by atoms with Crippen LogP contribution in [-0.4, -0.2) is 38.2 Å². The minimum Gasteiger partial charge on any atom is -0.395 e. The van der Waals surface area contributed by atoms with Gasteiger partial charge in [0.15, 0.2) is 0 Å². The number of halogens is 1. The molecule has 0 saturated heterocycles. The molecule has 5 nitrogen and oxygen atoms in total. The first-order chi connectivity index (χ1) is 10.2. The highest BCUT2D eigenvalue weighted by Crippen LogP contribution is 2.29. The van der Waals surface area contributed by atoms with Crippen LogP contribution in [0, 0.1) is 5.82 Å². The summed E-state index contributed by atoms with van der Waals surface area (Å²) in [6.07, 6.45) is 2.55. The monoisotopic (exact) mass is 293 g/mol. The molecule has 0 amide bonds. The maximum absolute atomic E-state index is 14.1. The molecule has 0 fully saturated rings. The van der Waals surface area contributed by atoms with Crippen molar-refractivity contribution in [2.45, 2.75) is 31.7 Å². The second-order valence-electron chi connectivity index (χ2n) is 5.15. The van der Waals surface area contributed by atoms with Gasteiger partial charge in [-0.05, 0) is 18.1 Å². The Morgan fingerprint density at radius 3 is 2.57 bits per heavy atom. The summed E-state index contributed by atoms with van der Waals surface area (Å²) in [6, 6.07) is 6.18. The molecule has 2 rings (SSSR count). The van der Waals surface area contributed by atoms with Crippen molar-refractivity contribution in [3.8, 4) is 0 Å². The second kappa shape index (κ2) is 6.78. The van der Waals surface area contributed by atoms with Gasteiger partial charge in [0.2, 0.25) is 0 Å². The molecule has 1 heterocycles. The first kappa shape index (κ1) is 15.6. The van der Waals surface area contributed by atoms with E-state index >= 15 is 0 Å². The highest BCUT2D eigenvalue weighted by Gasteiger charge is 2.35.